The number of hydrogen-bond donors (Lipinski definition) is 2. The van der Waals surface area contributed by atoms with Crippen LogP contribution in [0.25, 0.3) is 0 Å². The van der Waals surface area contributed by atoms with Crippen LogP contribution in [0.4, 0.5) is 5.69 Å². The first kappa shape index (κ1) is 12.6. The normalized spacial score (nSPS) is 12.3. The Labute approximate surface area is 96.3 Å². The number of carboxylic acid groups (broad SMARTS) is 1. The van der Waals surface area contributed by atoms with Gasteiger partial charge in [0.15, 0.2) is 0 Å². The van der Waals surface area contributed by atoms with Gasteiger partial charge in [-0.1, -0.05) is 31.9 Å². The molecule has 0 radical (unpaired) electrons. The summed E-state index contributed by atoms with van der Waals surface area (Å²) in [5.41, 5.74) is 7.36. The molecule has 0 bridgehead atoms. The molecule has 3 nitrogen and oxygen atoms in total. The maximum Gasteiger partial charge on any atom is 0.306 e. The van der Waals surface area contributed by atoms with Crippen molar-refractivity contribution in [2.24, 2.45) is 5.92 Å². The largest absolute Gasteiger partial charge is 0.481 e. The fourth-order valence-electron chi connectivity index (χ4n) is 1.77. The van der Waals surface area contributed by atoms with E-state index in [-0.39, 0.29) is 5.92 Å². The molecule has 16 heavy (non-hydrogen) atoms. The zero-order valence-electron chi connectivity index (χ0n) is 9.65. The Balaban J connectivity index is 2.64. The van der Waals surface area contributed by atoms with Gasteiger partial charge in [0.05, 0.1) is 5.92 Å². The molecule has 0 heterocycles. The molecule has 1 aromatic carbocycles. The van der Waals surface area contributed by atoms with Crippen LogP contribution in [0.1, 0.15) is 31.7 Å². The summed E-state index contributed by atoms with van der Waals surface area (Å²) in [4.78, 5) is 11.1. The van der Waals surface area contributed by atoms with Crippen LogP contribution >= 0.6 is 0 Å². The van der Waals surface area contributed by atoms with Crippen molar-refractivity contribution in [3.63, 3.8) is 0 Å². The van der Waals surface area contributed by atoms with Gasteiger partial charge in [0, 0.05) is 5.69 Å². The molecule has 0 amide bonds. The highest BCUT2D eigenvalue weighted by Gasteiger charge is 2.17. The Morgan fingerprint density at radius 1 is 1.50 bits per heavy atom. The molecule has 0 saturated carbocycles. The molecule has 0 spiro atoms. The van der Waals surface area contributed by atoms with Gasteiger partial charge in [-0.25, -0.2) is 0 Å². The Morgan fingerprint density at radius 3 is 2.81 bits per heavy atom. The summed E-state index contributed by atoms with van der Waals surface area (Å²) in [5.74, 6) is -1.00. The second-order valence-electron chi connectivity index (χ2n) is 4.13. The van der Waals surface area contributed by atoms with Crippen molar-refractivity contribution in [3.05, 3.63) is 29.8 Å². The maximum absolute atomic E-state index is 11.1. The fraction of sp³-hybridized carbons (Fsp3) is 0.462. The smallest absolute Gasteiger partial charge is 0.306 e. The van der Waals surface area contributed by atoms with E-state index >= 15 is 0 Å². The monoisotopic (exact) mass is 221 g/mol. The zero-order valence-corrected chi connectivity index (χ0v) is 9.65. The number of nitrogen functional groups attached to an aromatic ring is 1. The van der Waals surface area contributed by atoms with Crippen LogP contribution in [0.2, 0.25) is 0 Å². The van der Waals surface area contributed by atoms with Gasteiger partial charge in [-0.3, -0.25) is 4.79 Å². The predicted octanol–water partition coefficient (Wildman–Crippen LogP) is 2.70. The number of anilines is 1. The van der Waals surface area contributed by atoms with Crippen molar-refractivity contribution in [2.75, 3.05) is 5.73 Å². The summed E-state index contributed by atoms with van der Waals surface area (Å²) in [7, 11) is 0. The van der Waals surface area contributed by atoms with E-state index in [1.807, 2.05) is 24.3 Å². The Hall–Kier alpha value is -1.51. The molecule has 1 aromatic rings. The Morgan fingerprint density at radius 2 is 2.25 bits per heavy atom. The summed E-state index contributed by atoms with van der Waals surface area (Å²) < 4.78 is 0. The van der Waals surface area contributed by atoms with Crippen LogP contribution in [-0.4, -0.2) is 11.1 Å². The summed E-state index contributed by atoms with van der Waals surface area (Å²) in [5, 5.41) is 9.10. The molecule has 0 aliphatic carbocycles. The molecule has 88 valence electrons. The van der Waals surface area contributed by atoms with Crippen molar-refractivity contribution >= 4 is 11.7 Å². The number of hydrogen-bond acceptors (Lipinski definition) is 2. The van der Waals surface area contributed by atoms with Crippen LogP contribution < -0.4 is 5.73 Å². The summed E-state index contributed by atoms with van der Waals surface area (Å²) >= 11 is 0. The van der Waals surface area contributed by atoms with Gasteiger partial charge in [0.1, 0.15) is 0 Å². The van der Waals surface area contributed by atoms with Gasteiger partial charge in [-0.2, -0.15) is 0 Å². The van der Waals surface area contributed by atoms with Gasteiger partial charge >= 0.3 is 5.97 Å². The number of nitrogens with two attached hydrogens (primary N) is 1. The van der Waals surface area contributed by atoms with E-state index in [1.165, 1.54) is 0 Å². The Bertz CT molecular complexity index is 350. The zero-order chi connectivity index (χ0) is 12.0. The molecular weight excluding hydrogens is 202 g/mol. The fourth-order valence-corrected chi connectivity index (χ4v) is 1.77. The molecular formula is C13H19NO2. The summed E-state index contributed by atoms with van der Waals surface area (Å²) in [6.07, 6.45) is 3.29. The molecule has 0 aliphatic rings. The van der Waals surface area contributed by atoms with Crippen molar-refractivity contribution in [1.29, 1.82) is 0 Å². The molecule has 1 atom stereocenters. The van der Waals surface area contributed by atoms with Gasteiger partial charge in [-0.15, -0.1) is 0 Å². The summed E-state index contributed by atoms with van der Waals surface area (Å²) in [6, 6.07) is 7.45. The maximum atomic E-state index is 11.1. The third-order valence-electron chi connectivity index (χ3n) is 2.69. The van der Waals surface area contributed by atoms with Crippen molar-refractivity contribution in [2.45, 2.75) is 32.6 Å². The number of carboxylic acids is 1. The average molecular weight is 221 g/mol. The van der Waals surface area contributed by atoms with E-state index in [4.69, 9.17) is 10.8 Å². The minimum Gasteiger partial charge on any atom is -0.481 e. The molecule has 3 heteroatoms. The number of rotatable bonds is 6. The van der Waals surface area contributed by atoms with Crippen molar-refractivity contribution < 1.29 is 9.90 Å². The number of carbonyl (C=O) groups is 1. The minimum atomic E-state index is -0.712. The first-order valence-electron chi connectivity index (χ1n) is 5.70. The molecule has 1 rings (SSSR count). The molecule has 0 aromatic heterocycles. The Kier molecular flexibility index (Phi) is 4.83. The third kappa shape index (κ3) is 3.93. The lowest BCUT2D eigenvalue weighted by molar-refractivity contribution is -0.141. The molecule has 0 saturated heterocycles. The standard InChI is InChI=1S/C13H19NO2/c1-2-3-6-11(13(15)16)8-10-5-4-7-12(14)9-10/h4-5,7,9,11H,2-3,6,8,14H2,1H3,(H,15,16). The molecule has 0 aliphatic heterocycles. The van der Waals surface area contributed by atoms with Crippen molar-refractivity contribution in [1.82, 2.24) is 0 Å². The number of benzene rings is 1. The van der Waals surface area contributed by atoms with Crippen LogP contribution in [0.5, 0.6) is 0 Å². The highest BCUT2D eigenvalue weighted by Crippen LogP contribution is 2.17. The highest BCUT2D eigenvalue weighted by molar-refractivity contribution is 5.70. The lowest BCUT2D eigenvalue weighted by atomic mass is 9.94. The van der Waals surface area contributed by atoms with Crippen LogP contribution in [0, 0.1) is 5.92 Å². The van der Waals surface area contributed by atoms with Crippen molar-refractivity contribution in [3.8, 4) is 0 Å². The summed E-state index contributed by atoms with van der Waals surface area (Å²) in [6.45, 7) is 2.07. The predicted molar refractivity (Wildman–Crippen MR) is 65.2 cm³/mol. The van der Waals surface area contributed by atoms with Gasteiger partial charge < -0.3 is 10.8 Å². The second-order valence-corrected chi connectivity index (χ2v) is 4.13. The van der Waals surface area contributed by atoms with Gasteiger partial charge in [0.2, 0.25) is 0 Å². The molecule has 0 fully saturated rings. The molecule has 3 N–H and O–H groups in total. The van der Waals surface area contributed by atoms with E-state index in [9.17, 15) is 4.79 Å². The first-order chi connectivity index (χ1) is 7.63. The van der Waals surface area contributed by atoms with E-state index in [0.717, 1.165) is 24.8 Å². The molecule has 1 unspecified atom stereocenters. The van der Waals surface area contributed by atoms with E-state index in [1.54, 1.807) is 0 Å². The first-order valence-corrected chi connectivity index (χ1v) is 5.70. The van der Waals surface area contributed by atoms with Crippen LogP contribution in [0.3, 0.4) is 0 Å². The van der Waals surface area contributed by atoms with Gasteiger partial charge in [0.25, 0.3) is 0 Å². The van der Waals surface area contributed by atoms with E-state index in [0.29, 0.717) is 12.1 Å². The average Bonchev–Trinajstić information content (AvgIpc) is 2.24. The minimum absolute atomic E-state index is 0.290. The number of aliphatic carboxylic acids is 1. The SMILES string of the molecule is CCCCC(Cc1cccc(N)c1)C(=O)O. The lowest BCUT2D eigenvalue weighted by Crippen LogP contribution is -2.16. The quantitative estimate of drug-likeness (QED) is 0.726. The van der Waals surface area contributed by atoms with E-state index < -0.39 is 5.97 Å². The highest BCUT2D eigenvalue weighted by atomic mass is 16.4. The lowest BCUT2D eigenvalue weighted by Gasteiger charge is -2.11. The van der Waals surface area contributed by atoms with E-state index in [2.05, 4.69) is 6.92 Å². The number of unbranched alkanes of at least 4 members (excludes halogenated alkanes) is 1. The third-order valence-corrected chi connectivity index (χ3v) is 2.69. The van der Waals surface area contributed by atoms with Crippen LogP contribution in [-0.2, 0) is 11.2 Å². The topological polar surface area (TPSA) is 63.3 Å². The van der Waals surface area contributed by atoms with Gasteiger partial charge in [-0.05, 0) is 30.5 Å². The van der Waals surface area contributed by atoms with Crippen LogP contribution in [0.15, 0.2) is 24.3 Å². The second kappa shape index (κ2) is 6.16.